The van der Waals surface area contributed by atoms with Gasteiger partial charge in [0.15, 0.2) is 0 Å². The van der Waals surface area contributed by atoms with Crippen LogP contribution in [0.2, 0.25) is 0 Å². The van der Waals surface area contributed by atoms with Gasteiger partial charge < -0.3 is 4.74 Å². The molecule has 0 saturated carbocycles. The van der Waals surface area contributed by atoms with E-state index >= 15 is 0 Å². The Kier molecular flexibility index (Phi) is 8.11. The van der Waals surface area contributed by atoms with Crippen molar-refractivity contribution in [1.82, 2.24) is 24.1 Å². The molecule has 0 unspecified atom stereocenters. The summed E-state index contributed by atoms with van der Waals surface area (Å²) in [5.74, 6) is 0.483. The van der Waals surface area contributed by atoms with Crippen molar-refractivity contribution in [1.29, 1.82) is 0 Å². The molecule has 0 spiro atoms. The number of rotatable bonds is 8. The van der Waals surface area contributed by atoms with Crippen molar-refractivity contribution in [3.05, 3.63) is 88.1 Å². The average molecular weight is 488 g/mol. The van der Waals surface area contributed by atoms with E-state index in [2.05, 4.69) is 70.4 Å². The summed E-state index contributed by atoms with van der Waals surface area (Å²) in [7, 11) is 0. The second-order valence-electron chi connectivity index (χ2n) is 10.1. The molecule has 0 aliphatic carbocycles. The zero-order valence-electron chi connectivity index (χ0n) is 21.3. The Bertz CT molecular complexity index is 1180. The van der Waals surface area contributed by atoms with Gasteiger partial charge in [-0.05, 0) is 62.0 Å². The number of ether oxygens (including phenoxy) is 1. The lowest BCUT2D eigenvalue weighted by molar-refractivity contribution is 0.0342. The number of likely N-dealkylation sites (tertiary alicyclic amines) is 1. The molecule has 2 saturated heterocycles. The van der Waals surface area contributed by atoms with Gasteiger partial charge in [0.2, 0.25) is 0 Å². The van der Waals surface area contributed by atoms with Crippen LogP contribution in [0.15, 0.2) is 71.3 Å². The lowest BCUT2D eigenvalue weighted by Gasteiger charge is -2.31. The average Bonchev–Trinajstić information content (AvgIpc) is 3.26. The molecule has 0 atom stereocenters. The van der Waals surface area contributed by atoms with E-state index in [1.807, 2.05) is 12.1 Å². The van der Waals surface area contributed by atoms with Crippen molar-refractivity contribution >= 4 is 6.08 Å². The van der Waals surface area contributed by atoms with Crippen molar-refractivity contribution in [2.75, 3.05) is 45.9 Å². The first-order valence-electron chi connectivity index (χ1n) is 13.1. The van der Waals surface area contributed by atoms with Crippen molar-refractivity contribution in [2.24, 2.45) is 5.92 Å². The van der Waals surface area contributed by atoms with Gasteiger partial charge in [0, 0.05) is 32.7 Å². The first-order chi connectivity index (χ1) is 17.6. The molecule has 5 rings (SSSR count). The number of hydrogen-bond donors (Lipinski definition) is 0. The normalized spacial score (nSPS) is 18.5. The van der Waals surface area contributed by atoms with Crippen molar-refractivity contribution in [3.63, 3.8) is 0 Å². The molecule has 2 aliphatic rings. The molecule has 36 heavy (non-hydrogen) atoms. The summed E-state index contributed by atoms with van der Waals surface area (Å²) in [6.07, 6.45) is 6.11. The van der Waals surface area contributed by atoms with Gasteiger partial charge in [-0.15, -0.1) is 0 Å². The summed E-state index contributed by atoms with van der Waals surface area (Å²) in [5, 5.41) is 4.44. The highest BCUT2D eigenvalue weighted by molar-refractivity contribution is 5.52. The Hall–Kier alpha value is -3.00. The molecule has 190 valence electrons. The van der Waals surface area contributed by atoms with E-state index in [0.717, 1.165) is 71.0 Å². The maximum Gasteiger partial charge on any atom is 0.350 e. The Labute approximate surface area is 213 Å². The van der Waals surface area contributed by atoms with E-state index in [1.165, 1.54) is 16.7 Å². The van der Waals surface area contributed by atoms with Crippen LogP contribution in [0.25, 0.3) is 11.8 Å². The minimum Gasteiger partial charge on any atom is -0.379 e. The SMILES string of the molecule is C/C(=C\c1ccccc1)CN1CCC(Cn2ncn(-c3ccc(CN4CCOCC4)cc3)c2=O)CC1. The Balaban J connectivity index is 1.13. The number of aromatic nitrogens is 3. The molecule has 0 amide bonds. The van der Waals surface area contributed by atoms with Crippen LogP contribution in [-0.2, 0) is 17.8 Å². The highest BCUT2D eigenvalue weighted by Crippen LogP contribution is 2.20. The fourth-order valence-corrected chi connectivity index (χ4v) is 5.22. The molecular formula is C29H37N5O2. The second kappa shape index (κ2) is 11.8. The monoisotopic (exact) mass is 487 g/mol. The maximum atomic E-state index is 13.1. The summed E-state index contributed by atoms with van der Waals surface area (Å²) in [5.41, 5.74) is 4.70. The largest absolute Gasteiger partial charge is 0.379 e. The molecule has 2 fully saturated rings. The van der Waals surface area contributed by atoms with Crippen molar-refractivity contribution in [2.45, 2.75) is 32.9 Å². The quantitative estimate of drug-likeness (QED) is 0.485. The molecule has 2 aromatic carbocycles. The van der Waals surface area contributed by atoms with Gasteiger partial charge in [-0.25, -0.2) is 14.0 Å². The fraction of sp³-hybridized carbons (Fsp3) is 0.448. The Morgan fingerprint density at radius 3 is 2.42 bits per heavy atom. The van der Waals surface area contributed by atoms with Crippen LogP contribution in [0.3, 0.4) is 0 Å². The number of nitrogens with zero attached hydrogens (tertiary/aromatic N) is 5. The predicted octanol–water partition coefficient (Wildman–Crippen LogP) is 3.68. The second-order valence-corrected chi connectivity index (χ2v) is 10.1. The van der Waals surface area contributed by atoms with Crippen LogP contribution in [0.4, 0.5) is 0 Å². The number of morpholine rings is 1. The Morgan fingerprint density at radius 1 is 0.972 bits per heavy atom. The lowest BCUT2D eigenvalue weighted by atomic mass is 9.96. The van der Waals surface area contributed by atoms with Crippen molar-refractivity contribution in [3.8, 4) is 5.69 Å². The molecule has 7 nitrogen and oxygen atoms in total. The first kappa shape index (κ1) is 24.7. The molecule has 0 radical (unpaired) electrons. The van der Waals surface area contributed by atoms with Crippen LogP contribution < -0.4 is 5.69 Å². The zero-order valence-corrected chi connectivity index (χ0v) is 21.3. The van der Waals surface area contributed by atoms with Gasteiger partial charge in [-0.3, -0.25) is 9.80 Å². The smallest absolute Gasteiger partial charge is 0.350 e. The summed E-state index contributed by atoms with van der Waals surface area (Å²) < 4.78 is 8.73. The van der Waals surface area contributed by atoms with Crippen molar-refractivity contribution < 1.29 is 4.74 Å². The molecule has 3 heterocycles. The van der Waals surface area contributed by atoms with Crippen LogP contribution in [0.1, 0.15) is 30.9 Å². The van der Waals surface area contributed by atoms with Crippen LogP contribution >= 0.6 is 0 Å². The standard InChI is InChI=1S/C29H37N5O2/c1-24(19-25-5-3-2-4-6-25)20-31-13-11-27(12-14-31)22-34-29(35)33(23-30-34)28-9-7-26(8-10-28)21-32-15-17-36-18-16-32/h2-10,19,23,27H,11-18,20-22H2,1H3/b24-19+. The van der Waals surface area contributed by atoms with Gasteiger partial charge in [0.05, 0.1) is 18.9 Å². The van der Waals surface area contributed by atoms with Gasteiger partial charge in [-0.1, -0.05) is 54.1 Å². The van der Waals surface area contributed by atoms with Gasteiger partial charge in [-0.2, -0.15) is 5.10 Å². The minimum absolute atomic E-state index is 0.0556. The third-order valence-electron chi connectivity index (χ3n) is 7.28. The molecule has 3 aromatic rings. The van der Waals surface area contributed by atoms with E-state index in [9.17, 15) is 4.79 Å². The van der Waals surface area contributed by atoms with Gasteiger partial charge >= 0.3 is 5.69 Å². The fourth-order valence-electron chi connectivity index (χ4n) is 5.22. The van der Waals surface area contributed by atoms with Crippen LogP contribution in [-0.4, -0.2) is 70.1 Å². The Morgan fingerprint density at radius 2 is 1.69 bits per heavy atom. The van der Waals surface area contributed by atoms with E-state index in [1.54, 1.807) is 15.6 Å². The number of benzene rings is 2. The number of hydrogen-bond acceptors (Lipinski definition) is 5. The molecule has 7 heteroatoms. The molecule has 2 aliphatic heterocycles. The maximum absolute atomic E-state index is 13.1. The van der Waals surface area contributed by atoms with E-state index in [4.69, 9.17) is 4.74 Å². The summed E-state index contributed by atoms with van der Waals surface area (Å²) in [6, 6.07) is 18.8. The van der Waals surface area contributed by atoms with E-state index in [-0.39, 0.29) is 5.69 Å². The highest BCUT2D eigenvalue weighted by atomic mass is 16.5. The lowest BCUT2D eigenvalue weighted by Crippen LogP contribution is -2.37. The number of piperidine rings is 1. The summed E-state index contributed by atoms with van der Waals surface area (Å²) in [4.78, 5) is 18.0. The minimum atomic E-state index is -0.0556. The van der Waals surface area contributed by atoms with Gasteiger partial charge in [0.25, 0.3) is 0 Å². The summed E-state index contributed by atoms with van der Waals surface area (Å²) in [6.45, 7) is 10.5. The van der Waals surface area contributed by atoms with Crippen LogP contribution in [0.5, 0.6) is 0 Å². The topological polar surface area (TPSA) is 55.5 Å². The molecule has 1 aromatic heterocycles. The third-order valence-corrected chi connectivity index (χ3v) is 7.28. The third kappa shape index (κ3) is 6.40. The zero-order chi connectivity index (χ0) is 24.7. The van der Waals surface area contributed by atoms with E-state index < -0.39 is 0 Å². The van der Waals surface area contributed by atoms with Crippen LogP contribution in [0, 0.1) is 5.92 Å². The first-order valence-corrected chi connectivity index (χ1v) is 13.1. The summed E-state index contributed by atoms with van der Waals surface area (Å²) >= 11 is 0. The highest BCUT2D eigenvalue weighted by Gasteiger charge is 2.21. The van der Waals surface area contributed by atoms with Gasteiger partial charge in [0.1, 0.15) is 6.33 Å². The predicted molar refractivity (Wildman–Crippen MR) is 143 cm³/mol. The molecule has 0 N–H and O–H groups in total. The van der Waals surface area contributed by atoms with E-state index in [0.29, 0.717) is 12.5 Å². The molecule has 0 bridgehead atoms. The molecular weight excluding hydrogens is 450 g/mol.